The molecule has 0 aliphatic rings. The number of hydrogen-bond donors (Lipinski definition) is 0. The molecular formula is C30H25F4N5O2. The van der Waals surface area contributed by atoms with E-state index in [0.29, 0.717) is 28.0 Å². The van der Waals surface area contributed by atoms with Crippen molar-refractivity contribution < 1.29 is 22.4 Å². The molecule has 5 aromatic rings. The van der Waals surface area contributed by atoms with Crippen LogP contribution < -0.4 is 5.56 Å². The third-order valence-electron chi connectivity index (χ3n) is 6.92. The van der Waals surface area contributed by atoms with Gasteiger partial charge in [-0.25, -0.2) is 14.4 Å². The highest BCUT2D eigenvalue weighted by Crippen LogP contribution is 2.30. The highest BCUT2D eigenvalue weighted by Gasteiger charge is 2.31. The summed E-state index contributed by atoms with van der Waals surface area (Å²) >= 11 is 0. The summed E-state index contributed by atoms with van der Waals surface area (Å²) in [7, 11) is 1.77. The molecule has 1 unspecified atom stereocenters. The monoisotopic (exact) mass is 563 g/mol. The van der Waals surface area contributed by atoms with Crippen LogP contribution in [0.5, 0.6) is 0 Å². The zero-order valence-electron chi connectivity index (χ0n) is 22.1. The Labute approximate surface area is 232 Å². The second-order valence-electron chi connectivity index (χ2n) is 9.63. The predicted octanol–water partition coefficient (Wildman–Crippen LogP) is 5.61. The fraction of sp³-hybridized carbons (Fsp3) is 0.200. The molecule has 5 rings (SSSR count). The van der Waals surface area contributed by atoms with Gasteiger partial charge in [-0.15, -0.1) is 0 Å². The van der Waals surface area contributed by atoms with Gasteiger partial charge in [0.05, 0.1) is 41.2 Å². The SMILES string of the molecule is CC(c1nc2ccccc2c(=O)n1-c1ccc(F)cc1)N(Cc1nccn1C)C(=O)Cc1ccc(C(F)(F)F)cc1. The minimum absolute atomic E-state index is 0.0379. The maximum absolute atomic E-state index is 13.8. The molecule has 210 valence electrons. The van der Waals surface area contributed by atoms with E-state index in [9.17, 15) is 27.2 Å². The Balaban J connectivity index is 1.60. The standard InChI is InChI=1S/C30H25F4N5O2/c1-19(28-36-25-6-4-3-5-24(25)29(41)39(28)23-13-11-22(31)12-14-23)38(18-26-35-15-16-37(26)2)27(40)17-20-7-9-21(10-8-20)30(32,33)34/h3-16,19H,17-18H2,1-2H3. The van der Waals surface area contributed by atoms with Crippen LogP contribution in [-0.2, 0) is 31.0 Å². The Hall–Kier alpha value is -4.80. The van der Waals surface area contributed by atoms with Gasteiger partial charge in [0, 0.05) is 19.4 Å². The summed E-state index contributed by atoms with van der Waals surface area (Å²) in [5.41, 5.74) is -0.0253. The van der Waals surface area contributed by atoms with E-state index in [-0.39, 0.29) is 18.8 Å². The quantitative estimate of drug-likeness (QED) is 0.242. The van der Waals surface area contributed by atoms with Crippen molar-refractivity contribution in [2.45, 2.75) is 32.1 Å². The molecular weight excluding hydrogens is 538 g/mol. The molecule has 7 nitrogen and oxygen atoms in total. The second-order valence-corrected chi connectivity index (χ2v) is 9.63. The molecule has 0 N–H and O–H groups in total. The molecule has 3 aromatic carbocycles. The molecule has 0 fully saturated rings. The maximum Gasteiger partial charge on any atom is 0.416 e. The number of benzene rings is 3. The summed E-state index contributed by atoms with van der Waals surface area (Å²) in [5, 5.41) is 0.347. The number of para-hydroxylation sites is 1. The van der Waals surface area contributed by atoms with Crippen molar-refractivity contribution in [3.63, 3.8) is 0 Å². The normalized spacial score (nSPS) is 12.4. The van der Waals surface area contributed by atoms with Gasteiger partial charge in [0.2, 0.25) is 5.91 Å². The Bertz CT molecular complexity index is 1760. The summed E-state index contributed by atoms with van der Waals surface area (Å²) in [6, 6.07) is 15.8. The molecule has 0 saturated heterocycles. The lowest BCUT2D eigenvalue weighted by Gasteiger charge is -2.30. The van der Waals surface area contributed by atoms with Crippen LogP contribution in [0.3, 0.4) is 0 Å². The Morgan fingerprint density at radius 2 is 1.68 bits per heavy atom. The number of hydrogen-bond acceptors (Lipinski definition) is 4. The number of alkyl halides is 3. The molecule has 1 atom stereocenters. The first-order chi connectivity index (χ1) is 19.5. The van der Waals surface area contributed by atoms with Crippen LogP contribution >= 0.6 is 0 Å². The second kappa shape index (κ2) is 11.0. The Kier molecular flexibility index (Phi) is 7.44. The third kappa shape index (κ3) is 5.74. The molecule has 0 aliphatic heterocycles. The average Bonchev–Trinajstić information content (AvgIpc) is 3.35. The first-order valence-electron chi connectivity index (χ1n) is 12.7. The van der Waals surface area contributed by atoms with E-state index in [1.165, 1.54) is 45.9 Å². The average molecular weight is 564 g/mol. The molecule has 1 amide bonds. The van der Waals surface area contributed by atoms with Crippen LogP contribution in [0, 0.1) is 5.82 Å². The summed E-state index contributed by atoms with van der Waals surface area (Å²) in [6.07, 6.45) is -1.38. The van der Waals surface area contributed by atoms with Crippen LogP contribution in [0.25, 0.3) is 16.6 Å². The van der Waals surface area contributed by atoms with Crippen molar-refractivity contribution in [2.75, 3.05) is 0 Å². The molecule has 2 aromatic heterocycles. The van der Waals surface area contributed by atoms with Crippen molar-refractivity contribution in [1.29, 1.82) is 0 Å². The molecule has 0 spiro atoms. The van der Waals surface area contributed by atoms with E-state index in [4.69, 9.17) is 4.98 Å². The summed E-state index contributed by atoms with van der Waals surface area (Å²) in [5.74, 6) is -0.106. The number of nitrogens with zero attached hydrogens (tertiary/aromatic N) is 5. The smallest absolute Gasteiger partial charge is 0.337 e. The minimum atomic E-state index is -4.49. The summed E-state index contributed by atoms with van der Waals surface area (Å²) < 4.78 is 56.0. The molecule has 2 heterocycles. The van der Waals surface area contributed by atoms with Gasteiger partial charge in [-0.2, -0.15) is 13.2 Å². The Morgan fingerprint density at radius 1 is 1.00 bits per heavy atom. The summed E-state index contributed by atoms with van der Waals surface area (Å²) in [4.78, 5) is 38.1. The number of halogens is 4. The van der Waals surface area contributed by atoms with Gasteiger partial charge in [0.15, 0.2) is 0 Å². The van der Waals surface area contributed by atoms with Gasteiger partial charge in [0.25, 0.3) is 5.56 Å². The largest absolute Gasteiger partial charge is 0.416 e. The van der Waals surface area contributed by atoms with Gasteiger partial charge >= 0.3 is 6.18 Å². The van der Waals surface area contributed by atoms with Crippen molar-refractivity contribution in [2.24, 2.45) is 7.05 Å². The van der Waals surface area contributed by atoms with Gasteiger partial charge in [0.1, 0.15) is 17.5 Å². The van der Waals surface area contributed by atoms with Gasteiger partial charge in [-0.05, 0) is 61.0 Å². The predicted molar refractivity (Wildman–Crippen MR) is 145 cm³/mol. The van der Waals surface area contributed by atoms with Crippen LogP contribution in [-0.4, -0.2) is 29.9 Å². The first-order valence-corrected chi connectivity index (χ1v) is 12.7. The van der Waals surface area contributed by atoms with Crippen LogP contribution in [0.1, 0.15) is 35.7 Å². The lowest BCUT2D eigenvalue weighted by molar-refractivity contribution is -0.137. The molecule has 0 bridgehead atoms. The van der Waals surface area contributed by atoms with E-state index in [1.807, 2.05) is 0 Å². The number of carbonyl (C=O) groups excluding carboxylic acids is 1. The number of amides is 1. The highest BCUT2D eigenvalue weighted by atomic mass is 19.4. The topological polar surface area (TPSA) is 73.0 Å². The maximum atomic E-state index is 13.8. The molecule has 0 saturated carbocycles. The summed E-state index contributed by atoms with van der Waals surface area (Å²) in [6.45, 7) is 1.75. The minimum Gasteiger partial charge on any atom is -0.337 e. The number of aromatic nitrogens is 4. The fourth-order valence-corrected chi connectivity index (χ4v) is 4.64. The Morgan fingerprint density at radius 3 is 2.32 bits per heavy atom. The van der Waals surface area contributed by atoms with E-state index < -0.39 is 35.1 Å². The van der Waals surface area contributed by atoms with E-state index >= 15 is 0 Å². The van der Waals surface area contributed by atoms with Crippen molar-refractivity contribution in [3.8, 4) is 5.69 Å². The molecule has 0 aliphatic carbocycles. The fourth-order valence-electron chi connectivity index (χ4n) is 4.64. The van der Waals surface area contributed by atoms with Crippen molar-refractivity contribution in [3.05, 3.63) is 124 Å². The van der Waals surface area contributed by atoms with Crippen LogP contribution in [0.2, 0.25) is 0 Å². The number of carbonyl (C=O) groups is 1. The van der Waals surface area contributed by atoms with Crippen molar-refractivity contribution in [1.82, 2.24) is 24.0 Å². The zero-order valence-corrected chi connectivity index (χ0v) is 22.1. The van der Waals surface area contributed by atoms with E-state index in [0.717, 1.165) is 12.1 Å². The zero-order chi connectivity index (χ0) is 29.3. The number of imidazole rings is 1. The van der Waals surface area contributed by atoms with E-state index in [1.54, 1.807) is 55.2 Å². The third-order valence-corrected chi connectivity index (χ3v) is 6.92. The lowest BCUT2D eigenvalue weighted by atomic mass is 10.1. The van der Waals surface area contributed by atoms with Gasteiger partial charge in [-0.1, -0.05) is 24.3 Å². The van der Waals surface area contributed by atoms with Crippen LogP contribution in [0.4, 0.5) is 17.6 Å². The highest BCUT2D eigenvalue weighted by molar-refractivity contribution is 5.80. The van der Waals surface area contributed by atoms with E-state index in [2.05, 4.69) is 4.98 Å². The van der Waals surface area contributed by atoms with Gasteiger partial charge in [-0.3, -0.25) is 14.2 Å². The number of rotatable bonds is 7. The molecule has 11 heteroatoms. The molecule has 0 radical (unpaired) electrons. The lowest BCUT2D eigenvalue weighted by Crippen LogP contribution is -2.38. The van der Waals surface area contributed by atoms with Crippen LogP contribution in [0.15, 0.2) is 90.0 Å². The number of aryl methyl sites for hydroxylation is 1. The number of fused-ring (bicyclic) bond motifs is 1. The van der Waals surface area contributed by atoms with Gasteiger partial charge < -0.3 is 9.47 Å². The molecule has 41 heavy (non-hydrogen) atoms. The van der Waals surface area contributed by atoms with Crippen molar-refractivity contribution >= 4 is 16.8 Å². The first kappa shape index (κ1) is 27.8.